The van der Waals surface area contributed by atoms with E-state index in [-0.39, 0.29) is 10.8 Å². The molecule has 0 bridgehead atoms. The van der Waals surface area contributed by atoms with Gasteiger partial charge in [-0.25, -0.2) is 0 Å². The third-order valence-corrected chi connectivity index (χ3v) is 4.27. The molecule has 0 radical (unpaired) electrons. The maximum atomic E-state index is 9.55. The van der Waals surface area contributed by atoms with E-state index in [1.54, 1.807) is 6.07 Å². The van der Waals surface area contributed by atoms with Crippen LogP contribution in [-0.4, -0.2) is 0 Å². The van der Waals surface area contributed by atoms with Crippen LogP contribution in [0, 0.1) is 22.7 Å². The molecule has 0 atom stereocenters. The normalized spacial score (nSPS) is 11.7. The Balaban J connectivity index is 2.82. The van der Waals surface area contributed by atoms with Crippen molar-refractivity contribution in [1.29, 1.82) is 10.5 Å². The molecule has 0 saturated carbocycles. The summed E-state index contributed by atoms with van der Waals surface area (Å²) in [5.74, 6) is 0. The van der Waals surface area contributed by atoms with Crippen molar-refractivity contribution in [2.45, 2.75) is 52.4 Å². The Hall–Kier alpha value is -2.58. The fourth-order valence-corrected chi connectivity index (χ4v) is 2.66. The van der Waals surface area contributed by atoms with E-state index in [1.807, 2.05) is 12.1 Å². The first-order valence-corrected chi connectivity index (χ1v) is 8.17. The highest BCUT2D eigenvalue weighted by molar-refractivity contribution is 5.75. The quantitative estimate of drug-likeness (QED) is 0.678. The molecule has 0 amide bonds. The van der Waals surface area contributed by atoms with E-state index in [0.717, 1.165) is 11.1 Å². The molecular formula is C22H24N2. The summed E-state index contributed by atoms with van der Waals surface area (Å²) in [6.07, 6.45) is 0. The Morgan fingerprint density at radius 3 is 1.71 bits per heavy atom. The highest BCUT2D eigenvalue weighted by atomic mass is 14.3. The lowest BCUT2D eigenvalue weighted by molar-refractivity contribution is 0.569. The van der Waals surface area contributed by atoms with Gasteiger partial charge in [0.05, 0.1) is 11.1 Å². The highest BCUT2D eigenvalue weighted by Crippen LogP contribution is 2.35. The topological polar surface area (TPSA) is 47.6 Å². The lowest BCUT2D eigenvalue weighted by Gasteiger charge is -2.26. The molecule has 2 aromatic rings. The van der Waals surface area contributed by atoms with E-state index in [4.69, 9.17) is 0 Å². The Kier molecular flexibility index (Phi) is 4.54. The van der Waals surface area contributed by atoms with Crippen molar-refractivity contribution in [1.82, 2.24) is 0 Å². The standard InChI is InChI=1S/C22H24N2/c1-21(2,3)17-10-16(11-18(12-17)22(4,5)6)19-9-7-8-15(13-23)20(19)14-24/h7-12H,1-6H3. The van der Waals surface area contributed by atoms with Gasteiger partial charge in [-0.1, -0.05) is 71.9 Å². The van der Waals surface area contributed by atoms with Crippen LogP contribution in [0.15, 0.2) is 36.4 Å². The third kappa shape index (κ3) is 3.50. The predicted octanol–water partition coefficient (Wildman–Crippen LogP) is 5.69. The minimum atomic E-state index is 0.00958. The van der Waals surface area contributed by atoms with Crippen molar-refractivity contribution in [3.05, 3.63) is 58.7 Å². The van der Waals surface area contributed by atoms with Crippen molar-refractivity contribution in [3.8, 4) is 23.3 Å². The van der Waals surface area contributed by atoms with Gasteiger partial charge in [0.1, 0.15) is 12.1 Å². The fourth-order valence-electron chi connectivity index (χ4n) is 2.66. The summed E-state index contributed by atoms with van der Waals surface area (Å²) >= 11 is 0. The Bertz CT molecular complexity index is 815. The monoisotopic (exact) mass is 316 g/mol. The molecule has 0 aliphatic heterocycles. The molecule has 24 heavy (non-hydrogen) atoms. The molecule has 0 aliphatic carbocycles. The second-order valence-electron chi connectivity index (χ2n) is 8.25. The summed E-state index contributed by atoms with van der Waals surface area (Å²) in [7, 11) is 0. The summed E-state index contributed by atoms with van der Waals surface area (Å²) in [6.45, 7) is 13.1. The lowest BCUT2D eigenvalue weighted by atomic mass is 9.78. The van der Waals surface area contributed by atoms with Crippen LogP contribution in [0.3, 0.4) is 0 Å². The molecule has 0 unspecified atom stereocenters. The molecule has 2 heteroatoms. The van der Waals surface area contributed by atoms with Gasteiger partial charge in [-0.3, -0.25) is 0 Å². The van der Waals surface area contributed by atoms with Gasteiger partial charge in [-0.15, -0.1) is 0 Å². The van der Waals surface area contributed by atoms with E-state index >= 15 is 0 Å². The third-order valence-electron chi connectivity index (χ3n) is 4.27. The van der Waals surface area contributed by atoms with E-state index < -0.39 is 0 Å². The molecule has 0 spiro atoms. The first-order valence-electron chi connectivity index (χ1n) is 8.17. The molecule has 0 saturated heterocycles. The van der Waals surface area contributed by atoms with Crippen LogP contribution in [0.1, 0.15) is 63.8 Å². The SMILES string of the molecule is CC(C)(C)c1cc(-c2cccc(C#N)c2C#N)cc(C(C)(C)C)c1. The van der Waals surface area contributed by atoms with Crippen LogP contribution < -0.4 is 0 Å². The molecule has 2 nitrogen and oxygen atoms in total. The fraction of sp³-hybridized carbons (Fsp3) is 0.364. The summed E-state index contributed by atoms with van der Waals surface area (Å²) in [5, 5.41) is 18.8. The van der Waals surface area contributed by atoms with Crippen LogP contribution in [-0.2, 0) is 10.8 Å². The van der Waals surface area contributed by atoms with Crippen molar-refractivity contribution in [2.75, 3.05) is 0 Å². The Morgan fingerprint density at radius 1 is 0.750 bits per heavy atom. The minimum absolute atomic E-state index is 0.00958. The van der Waals surface area contributed by atoms with E-state index in [9.17, 15) is 10.5 Å². The van der Waals surface area contributed by atoms with Crippen molar-refractivity contribution in [2.24, 2.45) is 0 Å². The summed E-state index contributed by atoms with van der Waals surface area (Å²) in [4.78, 5) is 0. The smallest absolute Gasteiger partial charge is 0.101 e. The Morgan fingerprint density at radius 2 is 1.29 bits per heavy atom. The zero-order valence-electron chi connectivity index (χ0n) is 15.4. The van der Waals surface area contributed by atoms with E-state index in [1.165, 1.54) is 11.1 Å². The maximum absolute atomic E-state index is 9.55. The van der Waals surface area contributed by atoms with Gasteiger partial charge in [0, 0.05) is 5.56 Å². The van der Waals surface area contributed by atoms with Gasteiger partial charge in [0.25, 0.3) is 0 Å². The largest absolute Gasteiger partial charge is 0.192 e. The van der Waals surface area contributed by atoms with Gasteiger partial charge in [-0.2, -0.15) is 10.5 Å². The summed E-state index contributed by atoms with van der Waals surface area (Å²) < 4.78 is 0. The number of rotatable bonds is 1. The van der Waals surface area contributed by atoms with Gasteiger partial charge < -0.3 is 0 Å². The average molecular weight is 316 g/mol. The van der Waals surface area contributed by atoms with E-state index in [2.05, 4.69) is 71.9 Å². The Labute approximate surface area is 145 Å². The van der Waals surface area contributed by atoms with E-state index in [0.29, 0.717) is 11.1 Å². The van der Waals surface area contributed by atoms with Crippen LogP contribution in [0.5, 0.6) is 0 Å². The van der Waals surface area contributed by atoms with Crippen LogP contribution in [0.25, 0.3) is 11.1 Å². The first kappa shape index (κ1) is 17.8. The summed E-state index contributed by atoms with van der Waals surface area (Å²) in [5.41, 5.74) is 5.19. The average Bonchev–Trinajstić information content (AvgIpc) is 2.51. The highest BCUT2D eigenvalue weighted by Gasteiger charge is 2.22. The number of hydrogen-bond acceptors (Lipinski definition) is 2. The molecule has 0 N–H and O–H groups in total. The van der Waals surface area contributed by atoms with Crippen molar-refractivity contribution in [3.63, 3.8) is 0 Å². The predicted molar refractivity (Wildman–Crippen MR) is 98.7 cm³/mol. The second kappa shape index (κ2) is 6.14. The van der Waals surface area contributed by atoms with Crippen LogP contribution in [0.2, 0.25) is 0 Å². The van der Waals surface area contributed by atoms with Gasteiger partial charge in [0.2, 0.25) is 0 Å². The molecule has 2 aromatic carbocycles. The van der Waals surface area contributed by atoms with Gasteiger partial charge >= 0.3 is 0 Å². The van der Waals surface area contributed by atoms with Crippen molar-refractivity contribution >= 4 is 0 Å². The molecular weight excluding hydrogens is 292 g/mol. The lowest BCUT2D eigenvalue weighted by Crippen LogP contribution is -2.16. The van der Waals surface area contributed by atoms with Crippen molar-refractivity contribution < 1.29 is 0 Å². The molecule has 122 valence electrons. The zero-order chi connectivity index (χ0) is 18.1. The molecule has 0 fully saturated rings. The molecule has 2 rings (SSSR count). The van der Waals surface area contributed by atoms with Gasteiger partial charge in [0.15, 0.2) is 0 Å². The van der Waals surface area contributed by atoms with Crippen LogP contribution >= 0.6 is 0 Å². The molecule has 0 aromatic heterocycles. The van der Waals surface area contributed by atoms with Crippen LogP contribution in [0.4, 0.5) is 0 Å². The molecule has 0 heterocycles. The first-order chi connectivity index (χ1) is 11.1. The maximum Gasteiger partial charge on any atom is 0.101 e. The number of nitrogens with zero attached hydrogens (tertiary/aromatic N) is 2. The zero-order valence-corrected chi connectivity index (χ0v) is 15.4. The minimum Gasteiger partial charge on any atom is -0.192 e. The number of hydrogen-bond donors (Lipinski definition) is 0. The molecule has 0 aliphatic rings. The summed E-state index contributed by atoms with van der Waals surface area (Å²) in [6, 6.07) is 16.3. The second-order valence-corrected chi connectivity index (χ2v) is 8.25. The number of nitriles is 2. The number of benzene rings is 2. The van der Waals surface area contributed by atoms with Gasteiger partial charge in [-0.05, 0) is 33.6 Å².